The summed E-state index contributed by atoms with van der Waals surface area (Å²) in [5.41, 5.74) is 1.32. The molecule has 0 unspecified atom stereocenters. The molecule has 0 spiro atoms. The smallest absolute Gasteiger partial charge is 0.305 e. The van der Waals surface area contributed by atoms with E-state index in [0.29, 0.717) is 41.7 Å². The molecule has 1 amide bonds. The quantitative estimate of drug-likeness (QED) is 0.354. The lowest BCUT2D eigenvalue weighted by atomic mass is 9.95. The summed E-state index contributed by atoms with van der Waals surface area (Å²) in [6.07, 6.45) is 9.73. The number of hydrogen-bond donors (Lipinski definition) is 1. The van der Waals surface area contributed by atoms with Gasteiger partial charge in [0.1, 0.15) is 5.82 Å². The normalized spacial score (nSPS) is 14.2. The van der Waals surface area contributed by atoms with E-state index in [1.54, 1.807) is 17.9 Å². The third kappa shape index (κ3) is 7.33. The Morgan fingerprint density at radius 3 is 2.49 bits per heavy atom. The molecule has 2 aromatic rings. The van der Waals surface area contributed by atoms with E-state index in [0.717, 1.165) is 38.5 Å². The van der Waals surface area contributed by atoms with Gasteiger partial charge in [-0.25, -0.2) is 4.39 Å². The molecule has 7 nitrogen and oxygen atoms in total. The van der Waals surface area contributed by atoms with Crippen LogP contribution in [0.5, 0.6) is 0 Å². The third-order valence-corrected chi connectivity index (χ3v) is 7.42. The van der Waals surface area contributed by atoms with Gasteiger partial charge in [0.2, 0.25) is 5.91 Å². The number of rotatable bonds is 12. The van der Waals surface area contributed by atoms with Gasteiger partial charge in [0.15, 0.2) is 5.43 Å². The number of hydrogen-bond acceptors (Lipinski definition) is 5. The van der Waals surface area contributed by atoms with Crippen LogP contribution in [0.25, 0.3) is 10.9 Å². The maximum absolute atomic E-state index is 15.3. The summed E-state index contributed by atoms with van der Waals surface area (Å²) in [5.74, 6) is -0.919. The Bertz CT molecular complexity index is 1140. The number of amides is 1. The van der Waals surface area contributed by atoms with Crippen LogP contribution in [0.15, 0.2) is 23.1 Å². The van der Waals surface area contributed by atoms with E-state index >= 15 is 4.39 Å². The van der Waals surface area contributed by atoms with E-state index in [2.05, 4.69) is 23.7 Å². The van der Waals surface area contributed by atoms with E-state index in [1.165, 1.54) is 19.4 Å². The highest BCUT2D eigenvalue weighted by molar-refractivity contribution is 5.84. The van der Waals surface area contributed by atoms with E-state index in [4.69, 9.17) is 4.74 Å². The van der Waals surface area contributed by atoms with Crippen molar-refractivity contribution in [2.45, 2.75) is 104 Å². The summed E-state index contributed by atoms with van der Waals surface area (Å²) in [6.45, 7) is 8.15. The van der Waals surface area contributed by atoms with Crippen molar-refractivity contribution in [2.75, 3.05) is 18.5 Å². The predicted octanol–water partition coefficient (Wildman–Crippen LogP) is 5.94. The van der Waals surface area contributed by atoms with Crippen LogP contribution in [-0.4, -0.2) is 40.5 Å². The second-order valence-electron chi connectivity index (χ2n) is 10.0. The van der Waals surface area contributed by atoms with Crippen LogP contribution in [-0.2, 0) is 20.9 Å². The highest BCUT2D eigenvalue weighted by atomic mass is 19.1. The van der Waals surface area contributed by atoms with Crippen molar-refractivity contribution in [3.63, 3.8) is 0 Å². The van der Waals surface area contributed by atoms with Gasteiger partial charge in [-0.05, 0) is 51.2 Å². The summed E-state index contributed by atoms with van der Waals surface area (Å²) in [7, 11) is 0. The molecule has 1 N–H and O–H groups in total. The van der Waals surface area contributed by atoms with Crippen molar-refractivity contribution in [1.82, 2.24) is 9.47 Å². The largest absolute Gasteiger partial charge is 0.466 e. The molecule has 1 saturated carbocycles. The van der Waals surface area contributed by atoms with Gasteiger partial charge in [-0.15, -0.1) is 0 Å². The number of halogens is 1. The van der Waals surface area contributed by atoms with Crippen LogP contribution < -0.4 is 10.7 Å². The molecule has 1 aromatic heterocycles. The number of nitrogens with zero attached hydrogens (tertiary/aromatic N) is 2. The Balaban J connectivity index is 1.97. The summed E-state index contributed by atoms with van der Waals surface area (Å²) < 4.78 is 22.3. The second-order valence-corrected chi connectivity index (χ2v) is 10.0. The van der Waals surface area contributed by atoms with Crippen molar-refractivity contribution in [3.05, 3.63) is 39.9 Å². The molecule has 1 heterocycles. The minimum Gasteiger partial charge on any atom is -0.466 e. The number of nitrogens with one attached hydrogen (secondary N) is 1. The molecular weight excluding hydrogens is 473 g/mol. The molecule has 1 aliphatic carbocycles. The highest BCUT2D eigenvalue weighted by Crippen LogP contribution is 2.29. The molecule has 1 aliphatic rings. The molecule has 37 heavy (non-hydrogen) atoms. The monoisotopic (exact) mass is 515 g/mol. The van der Waals surface area contributed by atoms with Crippen molar-refractivity contribution >= 4 is 28.5 Å². The van der Waals surface area contributed by atoms with E-state index in [1.807, 2.05) is 6.20 Å². The first kappa shape index (κ1) is 28.7. The van der Waals surface area contributed by atoms with Crippen LogP contribution in [0.1, 0.15) is 97.1 Å². The van der Waals surface area contributed by atoms with Gasteiger partial charge in [-0.2, -0.15) is 0 Å². The minimum atomic E-state index is -0.429. The molecule has 0 radical (unpaired) electrons. The van der Waals surface area contributed by atoms with Crippen molar-refractivity contribution in [2.24, 2.45) is 0 Å². The lowest BCUT2D eigenvalue weighted by Gasteiger charge is -2.26. The van der Waals surface area contributed by atoms with Gasteiger partial charge in [0.25, 0.3) is 0 Å². The van der Waals surface area contributed by atoms with E-state index in [-0.39, 0.29) is 42.4 Å². The van der Waals surface area contributed by atoms with Crippen molar-refractivity contribution in [1.29, 1.82) is 0 Å². The second kappa shape index (κ2) is 13.6. The van der Waals surface area contributed by atoms with Gasteiger partial charge in [0.05, 0.1) is 24.4 Å². The Labute approximate surface area is 219 Å². The van der Waals surface area contributed by atoms with Crippen molar-refractivity contribution < 1.29 is 18.7 Å². The summed E-state index contributed by atoms with van der Waals surface area (Å²) in [5, 5.41) is 3.71. The fourth-order valence-corrected chi connectivity index (χ4v) is 5.30. The maximum Gasteiger partial charge on any atom is 0.305 e. The molecule has 1 fully saturated rings. The zero-order valence-corrected chi connectivity index (χ0v) is 22.8. The number of carbonyl (C=O) groups excluding carboxylic acids is 2. The number of ether oxygens (including phenoxy) is 1. The highest BCUT2D eigenvalue weighted by Gasteiger charge is 2.21. The first-order valence-electron chi connectivity index (χ1n) is 13.8. The van der Waals surface area contributed by atoms with Crippen molar-refractivity contribution in [3.8, 4) is 0 Å². The van der Waals surface area contributed by atoms with Gasteiger partial charge < -0.3 is 19.5 Å². The van der Waals surface area contributed by atoms with E-state index < -0.39 is 5.82 Å². The molecule has 0 bridgehead atoms. The summed E-state index contributed by atoms with van der Waals surface area (Å²) >= 11 is 0. The molecular formula is C29H42FN3O4. The average Bonchev–Trinajstić information content (AvgIpc) is 2.88. The zero-order valence-electron chi connectivity index (χ0n) is 22.8. The number of aromatic nitrogens is 1. The molecule has 0 aliphatic heterocycles. The average molecular weight is 516 g/mol. The summed E-state index contributed by atoms with van der Waals surface area (Å²) in [4.78, 5) is 39.2. The zero-order chi connectivity index (χ0) is 26.9. The maximum atomic E-state index is 15.3. The molecule has 8 heteroatoms. The van der Waals surface area contributed by atoms with Gasteiger partial charge in [-0.1, -0.05) is 33.1 Å². The van der Waals surface area contributed by atoms with Crippen LogP contribution in [0, 0.1) is 5.82 Å². The van der Waals surface area contributed by atoms with Gasteiger partial charge in [-0.3, -0.25) is 14.4 Å². The van der Waals surface area contributed by atoms with E-state index in [9.17, 15) is 14.4 Å². The Morgan fingerprint density at radius 2 is 1.86 bits per heavy atom. The molecule has 204 valence electrons. The first-order chi connectivity index (χ1) is 17.8. The lowest BCUT2D eigenvalue weighted by Crippen LogP contribution is -2.32. The van der Waals surface area contributed by atoms with Gasteiger partial charge in [0, 0.05) is 49.1 Å². The number of pyridine rings is 1. The summed E-state index contributed by atoms with van der Waals surface area (Å²) in [6, 6.07) is 3.51. The SMILES string of the molecule is CCOC(=O)CCCN(Cc1cn(C(CC)CC)c2cc(NC3CCCCC3)c(F)cc2c1=O)C(C)=O. The fourth-order valence-electron chi connectivity index (χ4n) is 5.30. The van der Waals surface area contributed by atoms with Crippen LogP contribution >= 0.6 is 0 Å². The fraction of sp³-hybridized carbons (Fsp3) is 0.621. The third-order valence-electron chi connectivity index (χ3n) is 7.42. The molecule has 0 atom stereocenters. The molecule has 1 aromatic carbocycles. The Morgan fingerprint density at radius 1 is 1.16 bits per heavy atom. The minimum absolute atomic E-state index is 0.108. The van der Waals surface area contributed by atoms with Gasteiger partial charge >= 0.3 is 5.97 Å². The van der Waals surface area contributed by atoms with Crippen LogP contribution in [0.3, 0.4) is 0 Å². The van der Waals surface area contributed by atoms with Crippen LogP contribution in [0.4, 0.5) is 10.1 Å². The van der Waals surface area contributed by atoms with Crippen LogP contribution in [0.2, 0.25) is 0 Å². The first-order valence-corrected chi connectivity index (χ1v) is 13.8. The number of benzene rings is 1. The molecule has 0 saturated heterocycles. The lowest BCUT2D eigenvalue weighted by molar-refractivity contribution is -0.143. The number of fused-ring (bicyclic) bond motifs is 1. The standard InChI is InChI=1S/C29H42FN3O4/c1-5-23(6-2)33-19-21(18-32(20(4)34)15-11-14-28(35)37-7-3)29(36)24-16-25(30)26(17-27(24)33)31-22-12-9-8-10-13-22/h16-17,19,22-23,31H,5-15,18H2,1-4H3. The Kier molecular flexibility index (Phi) is 10.5. The molecule has 3 rings (SSSR count). The number of carbonyl (C=O) groups is 2. The predicted molar refractivity (Wildman–Crippen MR) is 145 cm³/mol. The Hall–Kier alpha value is -2.90. The number of anilines is 1. The topological polar surface area (TPSA) is 80.6 Å². The number of esters is 1.